The molecule has 1 heterocycles. The number of nitrogens with two attached hydrogens (primary N) is 2. The van der Waals surface area contributed by atoms with Gasteiger partial charge in [-0.1, -0.05) is 30.3 Å². The standard InChI is InChI=1S/C24H28N6O4S/c1-29(2)16-11-9-15(10-12-16)20(23(32)27-13-14-34-3)30(17-7-5-4-6-8-17)24(33)21-18(25)19(22(26)31)28-35-21/h4-12,20H,13-14,25H2,1-3H3,(H2,26,31)(H,27,32)/t20-/m1/s1. The lowest BCUT2D eigenvalue weighted by molar-refractivity contribution is -0.122. The third-order valence-electron chi connectivity index (χ3n) is 5.25. The van der Waals surface area contributed by atoms with Gasteiger partial charge in [-0.2, -0.15) is 4.37 Å². The highest BCUT2D eigenvalue weighted by Gasteiger charge is 2.35. The van der Waals surface area contributed by atoms with Gasteiger partial charge in [0.15, 0.2) is 5.69 Å². The summed E-state index contributed by atoms with van der Waals surface area (Å²) < 4.78 is 9.01. The maximum atomic E-state index is 13.9. The molecule has 1 aromatic heterocycles. The van der Waals surface area contributed by atoms with E-state index in [1.807, 2.05) is 31.1 Å². The van der Waals surface area contributed by atoms with Gasteiger partial charge in [-0.3, -0.25) is 19.3 Å². The Balaban J connectivity index is 2.15. The van der Waals surface area contributed by atoms with Gasteiger partial charge in [-0.15, -0.1) is 0 Å². The van der Waals surface area contributed by atoms with Gasteiger partial charge in [0.05, 0.1) is 12.3 Å². The smallest absolute Gasteiger partial charge is 0.273 e. The van der Waals surface area contributed by atoms with Crippen molar-refractivity contribution in [2.45, 2.75) is 6.04 Å². The number of hydrogen-bond acceptors (Lipinski definition) is 8. The zero-order valence-corrected chi connectivity index (χ0v) is 20.5. The summed E-state index contributed by atoms with van der Waals surface area (Å²) in [5.41, 5.74) is 13.1. The number of aromatic nitrogens is 1. The number of benzene rings is 2. The van der Waals surface area contributed by atoms with Crippen molar-refractivity contribution < 1.29 is 19.1 Å². The molecule has 3 amide bonds. The highest BCUT2D eigenvalue weighted by atomic mass is 32.1. The van der Waals surface area contributed by atoms with Crippen LogP contribution in [0.3, 0.4) is 0 Å². The molecule has 0 saturated carbocycles. The number of anilines is 3. The van der Waals surface area contributed by atoms with Crippen LogP contribution in [0.1, 0.15) is 31.8 Å². The van der Waals surface area contributed by atoms with Crippen LogP contribution in [0.15, 0.2) is 54.6 Å². The van der Waals surface area contributed by atoms with Crippen molar-refractivity contribution >= 4 is 46.3 Å². The van der Waals surface area contributed by atoms with E-state index < -0.39 is 23.8 Å². The van der Waals surface area contributed by atoms with Crippen LogP contribution in [0, 0.1) is 0 Å². The molecule has 0 aliphatic rings. The lowest BCUT2D eigenvalue weighted by atomic mass is 10.0. The summed E-state index contributed by atoms with van der Waals surface area (Å²) in [5.74, 6) is -1.82. The van der Waals surface area contributed by atoms with Crippen LogP contribution in [0.4, 0.5) is 17.1 Å². The second kappa shape index (κ2) is 11.4. The van der Waals surface area contributed by atoms with Crippen molar-refractivity contribution in [3.05, 3.63) is 70.7 Å². The Bertz CT molecular complexity index is 1180. The van der Waals surface area contributed by atoms with Gasteiger partial charge < -0.3 is 26.4 Å². The van der Waals surface area contributed by atoms with Crippen LogP contribution in [0.25, 0.3) is 0 Å². The van der Waals surface area contributed by atoms with E-state index in [-0.39, 0.29) is 22.8 Å². The molecular weight excluding hydrogens is 468 g/mol. The molecule has 3 aromatic rings. The van der Waals surface area contributed by atoms with Crippen LogP contribution in [-0.2, 0) is 9.53 Å². The Morgan fingerprint density at radius 1 is 1.06 bits per heavy atom. The van der Waals surface area contributed by atoms with E-state index >= 15 is 0 Å². The number of carbonyl (C=O) groups is 3. The van der Waals surface area contributed by atoms with Gasteiger partial charge in [-0.05, 0) is 41.4 Å². The van der Waals surface area contributed by atoms with Crippen molar-refractivity contribution in [3.8, 4) is 0 Å². The lowest BCUT2D eigenvalue weighted by Gasteiger charge is -2.31. The number of nitrogens with zero attached hydrogens (tertiary/aromatic N) is 3. The average Bonchev–Trinajstić information content (AvgIpc) is 3.24. The summed E-state index contributed by atoms with van der Waals surface area (Å²) in [7, 11) is 5.35. The van der Waals surface area contributed by atoms with E-state index in [4.69, 9.17) is 16.2 Å². The maximum absolute atomic E-state index is 13.9. The van der Waals surface area contributed by atoms with E-state index in [1.165, 1.54) is 12.0 Å². The van der Waals surface area contributed by atoms with Crippen molar-refractivity contribution in [2.24, 2.45) is 5.73 Å². The molecule has 10 nitrogen and oxygen atoms in total. The predicted octanol–water partition coefficient (Wildman–Crippen LogP) is 2.04. The van der Waals surface area contributed by atoms with Crippen LogP contribution in [0.2, 0.25) is 0 Å². The molecule has 0 aliphatic carbocycles. The van der Waals surface area contributed by atoms with E-state index in [9.17, 15) is 14.4 Å². The van der Waals surface area contributed by atoms with Gasteiger partial charge >= 0.3 is 0 Å². The second-order valence-electron chi connectivity index (χ2n) is 7.82. The van der Waals surface area contributed by atoms with E-state index in [2.05, 4.69) is 9.69 Å². The molecule has 0 unspecified atom stereocenters. The molecule has 0 spiro atoms. The fourth-order valence-corrected chi connectivity index (χ4v) is 4.20. The molecule has 11 heteroatoms. The van der Waals surface area contributed by atoms with Crippen molar-refractivity contribution in [3.63, 3.8) is 0 Å². The molecule has 2 aromatic carbocycles. The Morgan fingerprint density at radius 3 is 2.26 bits per heavy atom. The minimum Gasteiger partial charge on any atom is -0.395 e. The minimum atomic E-state index is -1.04. The lowest BCUT2D eigenvalue weighted by Crippen LogP contribution is -2.44. The highest BCUT2D eigenvalue weighted by molar-refractivity contribution is 7.09. The number of amides is 3. The zero-order chi connectivity index (χ0) is 25.5. The summed E-state index contributed by atoms with van der Waals surface area (Å²) >= 11 is 0.762. The molecule has 0 bridgehead atoms. The molecule has 35 heavy (non-hydrogen) atoms. The summed E-state index contributed by atoms with van der Waals surface area (Å²) in [6.07, 6.45) is 0. The minimum absolute atomic E-state index is 0.0160. The number of nitrogen functional groups attached to an aromatic ring is 1. The Labute approximate surface area is 207 Å². The molecule has 0 aliphatic heterocycles. The zero-order valence-electron chi connectivity index (χ0n) is 19.7. The quantitative estimate of drug-likeness (QED) is 0.364. The first-order valence-corrected chi connectivity index (χ1v) is 11.5. The predicted molar refractivity (Wildman–Crippen MR) is 137 cm³/mol. The number of para-hydroxylation sites is 1. The molecule has 0 radical (unpaired) electrons. The van der Waals surface area contributed by atoms with Crippen molar-refractivity contribution in [1.82, 2.24) is 9.69 Å². The van der Waals surface area contributed by atoms with Gasteiger partial charge in [0.1, 0.15) is 10.9 Å². The number of hydrogen-bond donors (Lipinski definition) is 3. The Hall–Kier alpha value is -3.96. The molecule has 184 valence electrons. The number of primary amides is 1. The highest BCUT2D eigenvalue weighted by Crippen LogP contribution is 2.33. The summed E-state index contributed by atoms with van der Waals surface area (Å²) in [4.78, 5) is 42.3. The molecule has 0 fully saturated rings. The molecule has 3 rings (SSSR count). The maximum Gasteiger partial charge on any atom is 0.273 e. The van der Waals surface area contributed by atoms with Crippen LogP contribution in [-0.4, -0.2) is 56.5 Å². The first-order valence-electron chi connectivity index (χ1n) is 10.7. The molecular formula is C24H28N6O4S. The van der Waals surface area contributed by atoms with Gasteiger partial charge in [-0.25, -0.2) is 0 Å². The first kappa shape index (κ1) is 25.7. The molecule has 5 N–H and O–H groups in total. The van der Waals surface area contributed by atoms with Gasteiger partial charge in [0.25, 0.3) is 11.8 Å². The molecule has 1 atom stereocenters. The Morgan fingerprint density at radius 2 is 1.71 bits per heavy atom. The SMILES string of the molecule is COCCNC(=O)[C@@H](c1ccc(N(C)C)cc1)N(C(=O)c1snc(C(N)=O)c1N)c1ccccc1. The van der Waals surface area contributed by atoms with Crippen LogP contribution >= 0.6 is 11.5 Å². The fourth-order valence-electron chi connectivity index (χ4n) is 3.46. The van der Waals surface area contributed by atoms with Crippen molar-refractivity contribution in [1.29, 1.82) is 0 Å². The monoisotopic (exact) mass is 496 g/mol. The molecule has 0 saturated heterocycles. The van der Waals surface area contributed by atoms with E-state index in [0.717, 1.165) is 17.2 Å². The third-order valence-corrected chi connectivity index (χ3v) is 6.10. The fraction of sp³-hybridized carbons (Fsp3) is 0.250. The second-order valence-corrected chi connectivity index (χ2v) is 8.59. The third kappa shape index (κ3) is 5.76. The normalized spacial score (nSPS) is 11.5. The number of methoxy groups -OCH3 is 1. The average molecular weight is 497 g/mol. The number of nitrogens with one attached hydrogen (secondary N) is 1. The number of carbonyl (C=O) groups excluding carboxylic acids is 3. The topological polar surface area (TPSA) is 144 Å². The largest absolute Gasteiger partial charge is 0.395 e. The van der Waals surface area contributed by atoms with E-state index in [1.54, 1.807) is 42.5 Å². The van der Waals surface area contributed by atoms with Gasteiger partial charge in [0, 0.05) is 39.1 Å². The summed E-state index contributed by atoms with van der Waals surface area (Å²) in [5, 5.41) is 2.83. The van der Waals surface area contributed by atoms with E-state index in [0.29, 0.717) is 17.9 Å². The summed E-state index contributed by atoms with van der Waals surface area (Å²) in [6, 6.07) is 15.0. The van der Waals surface area contributed by atoms with Crippen LogP contribution in [0.5, 0.6) is 0 Å². The van der Waals surface area contributed by atoms with Gasteiger partial charge in [0.2, 0.25) is 5.91 Å². The van der Waals surface area contributed by atoms with Crippen LogP contribution < -0.4 is 26.6 Å². The first-order chi connectivity index (χ1) is 16.8. The summed E-state index contributed by atoms with van der Waals surface area (Å²) in [6.45, 7) is 0.564. The Kier molecular flexibility index (Phi) is 8.39. The number of rotatable bonds is 10. The van der Waals surface area contributed by atoms with Crippen molar-refractivity contribution in [2.75, 3.05) is 49.9 Å². The number of ether oxygens (including phenoxy) is 1.